The summed E-state index contributed by atoms with van der Waals surface area (Å²) in [5.74, 6) is 4.12. The molecule has 254 valence electrons. The number of allylic oxidation sites excluding steroid dienone is 2. The van der Waals surface area contributed by atoms with Gasteiger partial charge in [-0.25, -0.2) is 4.70 Å². The second kappa shape index (κ2) is 24.2. The van der Waals surface area contributed by atoms with E-state index in [2.05, 4.69) is 88.0 Å². The molecular weight excluding hydrogens is 591 g/mol. The van der Waals surface area contributed by atoms with E-state index in [0.717, 1.165) is 37.1 Å². The SMILES string of the molecule is CCCCCCCCC1=C(c2cccc(CCCCC)c2)[N+](=[N-])C(c2cccc(CCCCC)c2)=C1CCCCCC.[CH3][Ni][CH3]. The van der Waals surface area contributed by atoms with Crippen molar-refractivity contribution in [3.05, 3.63) is 87.5 Å². The minimum absolute atomic E-state index is 1.04. The molecular formula is C42H66N2Ni. The molecule has 0 fully saturated rings. The van der Waals surface area contributed by atoms with Gasteiger partial charge >= 0.3 is 26.2 Å². The maximum absolute atomic E-state index is 12.1. The van der Waals surface area contributed by atoms with Gasteiger partial charge in [-0.1, -0.05) is 129 Å². The monoisotopic (exact) mass is 656 g/mol. The molecule has 3 heteroatoms. The molecule has 0 atom stereocenters. The van der Waals surface area contributed by atoms with Crippen LogP contribution in [0.15, 0.2) is 59.7 Å². The van der Waals surface area contributed by atoms with E-state index in [-0.39, 0.29) is 0 Å². The van der Waals surface area contributed by atoms with Gasteiger partial charge in [0.15, 0.2) is 0 Å². The summed E-state index contributed by atoms with van der Waals surface area (Å²) in [7, 11) is 0. The average molecular weight is 658 g/mol. The van der Waals surface area contributed by atoms with Crippen LogP contribution in [0, 0.1) is 0 Å². The molecule has 1 aliphatic heterocycles. The summed E-state index contributed by atoms with van der Waals surface area (Å²) in [6.07, 6.45) is 24.5. The van der Waals surface area contributed by atoms with Crippen LogP contribution >= 0.6 is 0 Å². The van der Waals surface area contributed by atoms with Crippen molar-refractivity contribution < 1.29 is 19.1 Å². The van der Waals surface area contributed by atoms with Gasteiger partial charge in [-0.05, 0) is 86.8 Å². The fourth-order valence-corrected chi connectivity index (χ4v) is 6.50. The second-order valence-corrected chi connectivity index (χ2v) is 13.9. The Morgan fingerprint density at radius 1 is 0.489 bits per heavy atom. The summed E-state index contributed by atoms with van der Waals surface area (Å²) in [4.78, 5) is 0. The van der Waals surface area contributed by atoms with Crippen LogP contribution in [0.5, 0.6) is 0 Å². The average Bonchev–Trinajstić information content (AvgIpc) is 3.32. The molecule has 1 aliphatic rings. The third kappa shape index (κ3) is 13.7. The van der Waals surface area contributed by atoms with Gasteiger partial charge in [0.2, 0.25) is 11.4 Å². The Labute approximate surface area is 284 Å². The summed E-state index contributed by atoms with van der Waals surface area (Å²) in [5, 5.41) is 0. The van der Waals surface area contributed by atoms with Crippen molar-refractivity contribution in [2.45, 2.75) is 168 Å². The predicted molar refractivity (Wildman–Crippen MR) is 195 cm³/mol. The second-order valence-electron chi connectivity index (χ2n) is 12.9. The fourth-order valence-electron chi connectivity index (χ4n) is 6.50. The van der Waals surface area contributed by atoms with Crippen LogP contribution in [0.3, 0.4) is 0 Å². The zero-order valence-electron chi connectivity index (χ0n) is 30.0. The van der Waals surface area contributed by atoms with Crippen LogP contribution in [0.25, 0.3) is 16.9 Å². The molecule has 2 aromatic rings. The van der Waals surface area contributed by atoms with Gasteiger partial charge in [0.25, 0.3) is 0 Å². The molecule has 0 amide bonds. The van der Waals surface area contributed by atoms with Crippen LogP contribution in [0.4, 0.5) is 0 Å². The van der Waals surface area contributed by atoms with Crippen LogP contribution in [0.2, 0.25) is 11.8 Å². The van der Waals surface area contributed by atoms with E-state index in [9.17, 15) is 5.53 Å². The van der Waals surface area contributed by atoms with E-state index >= 15 is 0 Å². The van der Waals surface area contributed by atoms with Crippen molar-refractivity contribution in [3.8, 4) is 0 Å². The van der Waals surface area contributed by atoms with E-state index < -0.39 is 0 Å². The van der Waals surface area contributed by atoms with Crippen molar-refractivity contribution >= 4 is 11.4 Å². The van der Waals surface area contributed by atoms with Crippen LogP contribution < -0.4 is 0 Å². The first-order chi connectivity index (χ1) is 22.1. The number of hydrogen-bond donors (Lipinski definition) is 0. The van der Waals surface area contributed by atoms with Crippen molar-refractivity contribution in [2.75, 3.05) is 0 Å². The van der Waals surface area contributed by atoms with E-state index in [1.54, 1.807) is 19.1 Å². The van der Waals surface area contributed by atoms with Gasteiger partial charge in [0, 0.05) is 22.3 Å². The van der Waals surface area contributed by atoms with Gasteiger partial charge < -0.3 is 5.53 Å². The summed E-state index contributed by atoms with van der Waals surface area (Å²) >= 11 is 1.62. The van der Waals surface area contributed by atoms with Crippen LogP contribution in [-0.2, 0) is 27.3 Å². The molecule has 0 saturated heterocycles. The molecule has 1 heterocycles. The molecule has 45 heavy (non-hydrogen) atoms. The van der Waals surface area contributed by atoms with E-state index in [1.807, 2.05) is 0 Å². The summed E-state index contributed by atoms with van der Waals surface area (Å²) in [6, 6.07) is 18.1. The quantitative estimate of drug-likeness (QED) is 0.0684. The van der Waals surface area contributed by atoms with Crippen molar-refractivity contribution in [3.63, 3.8) is 0 Å². The van der Waals surface area contributed by atoms with Gasteiger partial charge in [0.1, 0.15) is 0 Å². The van der Waals surface area contributed by atoms with E-state index in [4.69, 9.17) is 0 Å². The standard InChI is InChI=1S/C40H60N2.2CH3.Ni/c1-5-9-13-15-16-20-30-38-37(29-19-14-10-6-2)39(35-27-21-25-33(31-35)23-17-11-7-3)42(41)40(38)36-28-22-26-34(32-36)24-18-12-8-4;;;/h21-22,25-28,31-32H,5-20,23-24,29-30H2,1-4H3;2*1H3;. The molecule has 3 rings (SSSR count). The zero-order chi connectivity index (χ0) is 32.7. The van der Waals surface area contributed by atoms with E-state index in [0.29, 0.717) is 0 Å². The van der Waals surface area contributed by atoms with Crippen LogP contribution in [0.1, 0.15) is 166 Å². The molecule has 0 aliphatic carbocycles. The third-order valence-corrected chi connectivity index (χ3v) is 8.96. The predicted octanol–water partition coefficient (Wildman–Crippen LogP) is 14.2. The van der Waals surface area contributed by atoms with Crippen molar-refractivity contribution in [1.29, 1.82) is 0 Å². The topological polar surface area (TPSA) is 25.3 Å². The van der Waals surface area contributed by atoms with Crippen LogP contribution in [-0.4, -0.2) is 4.70 Å². The normalized spacial score (nSPS) is 13.2. The van der Waals surface area contributed by atoms with Crippen molar-refractivity contribution in [2.24, 2.45) is 0 Å². The molecule has 0 saturated carbocycles. The summed E-state index contributed by atoms with van der Waals surface area (Å²) in [5.41, 5.74) is 22.1. The maximum atomic E-state index is 12.1. The molecule has 0 aromatic heterocycles. The number of rotatable bonds is 22. The number of hydrogen-bond acceptors (Lipinski definition) is 0. The van der Waals surface area contributed by atoms with Gasteiger partial charge in [-0.3, -0.25) is 0 Å². The first-order valence-electron chi connectivity index (χ1n) is 18.4. The minimum atomic E-state index is 1.04. The Bertz CT molecular complexity index is 1170. The first-order valence-corrected chi connectivity index (χ1v) is 20.4. The number of benzene rings is 2. The molecule has 0 bridgehead atoms. The Morgan fingerprint density at radius 3 is 1.24 bits per heavy atom. The third-order valence-electron chi connectivity index (χ3n) is 8.96. The Balaban J connectivity index is 0.00000226. The zero-order valence-corrected chi connectivity index (χ0v) is 31.0. The number of unbranched alkanes of at least 4 members (excludes halogenated alkanes) is 12. The molecule has 0 unspecified atom stereocenters. The Morgan fingerprint density at radius 2 is 0.822 bits per heavy atom. The van der Waals surface area contributed by atoms with Gasteiger partial charge in [-0.15, -0.1) is 0 Å². The molecule has 2 aromatic carbocycles. The molecule has 0 radical (unpaired) electrons. The number of aryl methyl sites for hydroxylation is 2. The summed E-state index contributed by atoms with van der Waals surface area (Å²) in [6.45, 7) is 9.12. The first kappa shape index (κ1) is 39.2. The molecule has 2 nitrogen and oxygen atoms in total. The van der Waals surface area contributed by atoms with Gasteiger partial charge in [0.05, 0.1) is 0 Å². The molecule has 0 N–H and O–H groups in total. The number of nitrogens with zero attached hydrogens (tertiary/aromatic N) is 2. The Hall–Kier alpha value is -1.99. The van der Waals surface area contributed by atoms with E-state index in [1.165, 1.54) is 136 Å². The fraction of sp³-hybridized carbons (Fsp3) is 0.619. The molecule has 0 spiro atoms. The summed E-state index contributed by atoms with van der Waals surface area (Å²) < 4.78 is 1.60. The van der Waals surface area contributed by atoms with Gasteiger partial charge in [-0.2, -0.15) is 0 Å². The van der Waals surface area contributed by atoms with Crippen molar-refractivity contribution in [1.82, 2.24) is 0 Å². The Kier molecular flexibility index (Phi) is 21.1.